The fourth-order valence-electron chi connectivity index (χ4n) is 3.37. The number of halogens is 2. The van der Waals surface area contributed by atoms with Gasteiger partial charge in [-0.3, -0.25) is 4.79 Å². The lowest BCUT2D eigenvalue weighted by molar-refractivity contribution is -0.194. The second kappa shape index (κ2) is 3.39. The van der Waals surface area contributed by atoms with Crippen molar-refractivity contribution >= 4 is 34.8 Å². The number of carbonyl (C=O) groups excluding carboxylic acids is 1. The highest BCUT2D eigenvalue weighted by atomic mass is 35.5. The summed E-state index contributed by atoms with van der Waals surface area (Å²) in [5.41, 5.74) is 1.06. The van der Waals surface area contributed by atoms with Crippen LogP contribution in [-0.4, -0.2) is 5.91 Å². The van der Waals surface area contributed by atoms with Gasteiger partial charge in [-0.15, -0.1) is 0 Å². The van der Waals surface area contributed by atoms with Crippen LogP contribution in [0.1, 0.15) is 26.2 Å². The predicted octanol–water partition coefficient (Wildman–Crippen LogP) is 4.12. The fraction of sp³-hybridized carbons (Fsp3) is 0.462. The van der Waals surface area contributed by atoms with Crippen molar-refractivity contribution in [3.63, 3.8) is 0 Å². The Bertz CT molecular complexity index is 492. The number of hydrogen-bond acceptors (Lipinski definition) is 1. The van der Waals surface area contributed by atoms with Gasteiger partial charge in [-0.2, -0.15) is 0 Å². The van der Waals surface area contributed by atoms with Crippen LogP contribution >= 0.6 is 23.2 Å². The van der Waals surface area contributed by atoms with E-state index in [0.717, 1.165) is 24.9 Å². The summed E-state index contributed by atoms with van der Waals surface area (Å²) < 4.78 is 0. The van der Waals surface area contributed by atoms with Crippen LogP contribution in [0.5, 0.6) is 0 Å². The van der Waals surface area contributed by atoms with Gasteiger partial charge >= 0.3 is 0 Å². The van der Waals surface area contributed by atoms with Gasteiger partial charge in [-0.05, 0) is 42.9 Å². The summed E-state index contributed by atoms with van der Waals surface area (Å²) in [5.74, 6) is 0.125. The molecule has 0 heterocycles. The number of rotatable bonds is 2. The minimum atomic E-state index is -0.0964. The van der Waals surface area contributed by atoms with Crippen molar-refractivity contribution in [2.24, 2.45) is 10.8 Å². The van der Waals surface area contributed by atoms with E-state index >= 15 is 0 Å². The molecule has 0 unspecified atom stereocenters. The molecule has 4 rings (SSSR count). The molecule has 0 saturated heterocycles. The van der Waals surface area contributed by atoms with Crippen molar-refractivity contribution in [2.75, 3.05) is 5.32 Å². The predicted molar refractivity (Wildman–Crippen MR) is 69.5 cm³/mol. The van der Waals surface area contributed by atoms with Gasteiger partial charge in [0.05, 0.1) is 15.5 Å². The normalized spacial score (nSPS) is 33.6. The van der Waals surface area contributed by atoms with Crippen LogP contribution < -0.4 is 5.32 Å². The average Bonchev–Trinajstić information content (AvgIpc) is 2.17. The lowest BCUT2D eigenvalue weighted by Gasteiger charge is -2.68. The molecule has 0 aromatic heterocycles. The highest BCUT2D eigenvalue weighted by Gasteiger charge is 2.68. The topological polar surface area (TPSA) is 29.1 Å². The van der Waals surface area contributed by atoms with E-state index in [4.69, 9.17) is 23.2 Å². The number of benzene rings is 1. The van der Waals surface area contributed by atoms with Gasteiger partial charge < -0.3 is 5.32 Å². The maximum Gasteiger partial charge on any atom is 0.230 e. The molecule has 2 nitrogen and oxygen atoms in total. The molecule has 2 bridgehead atoms. The van der Waals surface area contributed by atoms with E-state index < -0.39 is 0 Å². The molecule has 0 atom stereocenters. The zero-order valence-electron chi connectivity index (χ0n) is 9.52. The smallest absolute Gasteiger partial charge is 0.230 e. The van der Waals surface area contributed by atoms with E-state index in [1.807, 2.05) is 0 Å². The maximum absolute atomic E-state index is 12.1. The monoisotopic (exact) mass is 269 g/mol. The van der Waals surface area contributed by atoms with Crippen LogP contribution in [0.25, 0.3) is 0 Å². The van der Waals surface area contributed by atoms with Gasteiger partial charge in [0.15, 0.2) is 0 Å². The summed E-state index contributed by atoms with van der Waals surface area (Å²) in [6, 6.07) is 5.16. The summed E-state index contributed by atoms with van der Waals surface area (Å²) in [6.45, 7) is 2.24. The van der Waals surface area contributed by atoms with Gasteiger partial charge in [0, 0.05) is 5.69 Å². The average molecular weight is 270 g/mol. The third-order valence-electron chi connectivity index (χ3n) is 3.95. The van der Waals surface area contributed by atoms with Crippen molar-refractivity contribution in [1.82, 2.24) is 0 Å². The fourth-order valence-corrected chi connectivity index (χ4v) is 3.67. The Morgan fingerprint density at radius 1 is 1.24 bits per heavy atom. The molecular weight excluding hydrogens is 257 g/mol. The largest absolute Gasteiger partial charge is 0.326 e. The van der Waals surface area contributed by atoms with Crippen LogP contribution in [0.15, 0.2) is 18.2 Å². The molecule has 0 aliphatic heterocycles. The molecule has 1 aromatic carbocycles. The molecule has 3 saturated carbocycles. The first kappa shape index (κ1) is 11.4. The van der Waals surface area contributed by atoms with E-state index in [1.165, 1.54) is 0 Å². The highest BCUT2D eigenvalue weighted by Crippen LogP contribution is 2.73. The lowest BCUT2D eigenvalue weighted by atomic mass is 9.35. The van der Waals surface area contributed by atoms with Gasteiger partial charge in [0.1, 0.15) is 0 Å². The molecule has 1 amide bonds. The summed E-state index contributed by atoms with van der Waals surface area (Å²) in [4.78, 5) is 12.1. The van der Waals surface area contributed by atoms with Crippen molar-refractivity contribution in [3.8, 4) is 0 Å². The quantitative estimate of drug-likeness (QED) is 0.860. The summed E-state index contributed by atoms with van der Waals surface area (Å²) in [5, 5.41) is 3.89. The van der Waals surface area contributed by atoms with E-state index in [1.54, 1.807) is 18.2 Å². The Kier molecular flexibility index (Phi) is 2.27. The first-order valence-electron chi connectivity index (χ1n) is 5.69. The van der Waals surface area contributed by atoms with E-state index in [-0.39, 0.29) is 11.3 Å². The second-order valence-electron chi connectivity index (χ2n) is 5.70. The Morgan fingerprint density at radius 2 is 1.88 bits per heavy atom. The number of nitrogens with one attached hydrogen (secondary N) is 1. The molecule has 1 N–H and O–H groups in total. The lowest BCUT2D eigenvalue weighted by Crippen LogP contribution is -2.65. The van der Waals surface area contributed by atoms with Crippen LogP contribution in [-0.2, 0) is 4.79 Å². The molecule has 3 fully saturated rings. The number of amides is 1. The molecule has 1 aromatic rings. The Labute approximate surface area is 110 Å². The van der Waals surface area contributed by atoms with Gasteiger partial charge in [0.2, 0.25) is 5.91 Å². The summed E-state index contributed by atoms with van der Waals surface area (Å²) in [6.07, 6.45) is 3.06. The van der Waals surface area contributed by atoms with Crippen LogP contribution in [0.2, 0.25) is 10.0 Å². The SMILES string of the molecule is CC12CC(C(=O)Nc3ccc(Cl)c(Cl)c3)(C1)C2. The highest BCUT2D eigenvalue weighted by molar-refractivity contribution is 6.42. The van der Waals surface area contributed by atoms with Gasteiger partial charge in [-0.1, -0.05) is 30.1 Å². The minimum absolute atomic E-state index is 0.0964. The molecule has 3 aliphatic rings. The Hall–Kier alpha value is -0.730. The van der Waals surface area contributed by atoms with Crippen molar-refractivity contribution in [1.29, 1.82) is 0 Å². The standard InChI is InChI=1S/C13H13Cl2NO/c1-12-5-13(6-12,7-12)11(17)16-8-2-3-9(14)10(15)4-8/h2-4H,5-7H2,1H3,(H,16,17). The maximum atomic E-state index is 12.1. The van der Waals surface area contributed by atoms with E-state index in [0.29, 0.717) is 15.5 Å². The number of carbonyl (C=O) groups is 1. The third kappa shape index (κ3) is 1.66. The van der Waals surface area contributed by atoms with E-state index in [2.05, 4.69) is 12.2 Å². The Morgan fingerprint density at radius 3 is 2.41 bits per heavy atom. The van der Waals surface area contributed by atoms with Crippen LogP contribution in [0, 0.1) is 10.8 Å². The molecule has 0 radical (unpaired) electrons. The summed E-state index contributed by atoms with van der Waals surface area (Å²) >= 11 is 11.7. The van der Waals surface area contributed by atoms with Gasteiger partial charge in [-0.25, -0.2) is 0 Å². The van der Waals surface area contributed by atoms with Crippen LogP contribution in [0.3, 0.4) is 0 Å². The zero-order chi connectivity index (χ0) is 12.3. The second-order valence-corrected chi connectivity index (χ2v) is 6.52. The minimum Gasteiger partial charge on any atom is -0.326 e. The number of hydrogen-bond donors (Lipinski definition) is 1. The van der Waals surface area contributed by atoms with Crippen molar-refractivity contribution < 1.29 is 4.79 Å². The van der Waals surface area contributed by atoms with Crippen LogP contribution in [0.4, 0.5) is 5.69 Å². The zero-order valence-corrected chi connectivity index (χ0v) is 11.0. The molecule has 17 heavy (non-hydrogen) atoms. The van der Waals surface area contributed by atoms with Gasteiger partial charge in [0.25, 0.3) is 0 Å². The third-order valence-corrected chi connectivity index (χ3v) is 4.69. The first-order chi connectivity index (χ1) is 7.92. The molecular formula is C13H13Cl2NO. The molecule has 0 spiro atoms. The molecule has 90 valence electrons. The molecule has 3 aliphatic carbocycles. The van der Waals surface area contributed by atoms with Crippen molar-refractivity contribution in [2.45, 2.75) is 26.2 Å². The first-order valence-corrected chi connectivity index (χ1v) is 6.45. The van der Waals surface area contributed by atoms with E-state index in [9.17, 15) is 4.79 Å². The Balaban J connectivity index is 1.71. The summed E-state index contributed by atoms with van der Waals surface area (Å²) in [7, 11) is 0. The molecule has 4 heteroatoms. The van der Waals surface area contributed by atoms with Crippen molar-refractivity contribution in [3.05, 3.63) is 28.2 Å². The number of anilines is 1.